The minimum Gasteiger partial charge on any atom is -0.395 e. The average Bonchev–Trinajstić information content (AvgIpc) is 3.32. The van der Waals surface area contributed by atoms with Crippen LogP contribution in [-0.4, -0.2) is 28.2 Å². The highest BCUT2D eigenvalue weighted by molar-refractivity contribution is 5.61. The minimum atomic E-state index is 0.0670. The summed E-state index contributed by atoms with van der Waals surface area (Å²) >= 11 is 0. The summed E-state index contributed by atoms with van der Waals surface area (Å²) in [4.78, 5) is 9.00. The molecule has 2 aromatic rings. The molecular formula is C16H20N4O. The largest absolute Gasteiger partial charge is 0.395 e. The van der Waals surface area contributed by atoms with Gasteiger partial charge in [0.1, 0.15) is 5.82 Å². The van der Waals surface area contributed by atoms with E-state index in [1.165, 1.54) is 18.4 Å². The second-order valence-electron chi connectivity index (χ2n) is 5.37. The van der Waals surface area contributed by atoms with Gasteiger partial charge in [-0.05, 0) is 31.4 Å². The molecule has 0 unspecified atom stereocenters. The van der Waals surface area contributed by atoms with Crippen molar-refractivity contribution in [3.8, 4) is 0 Å². The van der Waals surface area contributed by atoms with Crippen LogP contribution in [0.5, 0.6) is 0 Å². The van der Waals surface area contributed by atoms with Crippen LogP contribution in [0.1, 0.15) is 30.0 Å². The Balaban J connectivity index is 1.86. The Morgan fingerprint density at radius 2 is 2.05 bits per heavy atom. The van der Waals surface area contributed by atoms with Crippen molar-refractivity contribution in [1.29, 1.82) is 0 Å². The standard InChI is InChI=1S/C16H20N4O/c1-11-4-2-3-5-13(11)18-15-10-14(12-6-7-12)19-16(20-15)17-8-9-21/h2-5,10,12,21H,6-9H2,1H3,(H2,17,18,19,20). The van der Waals surface area contributed by atoms with E-state index in [9.17, 15) is 0 Å². The number of rotatable bonds is 6. The third-order valence-electron chi connectivity index (χ3n) is 3.54. The van der Waals surface area contributed by atoms with Gasteiger partial charge in [-0.1, -0.05) is 18.2 Å². The first-order valence-corrected chi connectivity index (χ1v) is 7.32. The lowest BCUT2D eigenvalue weighted by Crippen LogP contribution is -2.10. The zero-order valence-corrected chi connectivity index (χ0v) is 12.1. The molecule has 1 aromatic carbocycles. The Morgan fingerprint density at radius 1 is 1.24 bits per heavy atom. The van der Waals surface area contributed by atoms with Gasteiger partial charge in [-0.25, -0.2) is 4.98 Å². The third kappa shape index (κ3) is 3.49. The van der Waals surface area contributed by atoms with Crippen molar-refractivity contribution in [1.82, 2.24) is 9.97 Å². The second kappa shape index (κ2) is 6.10. The highest BCUT2D eigenvalue weighted by Crippen LogP contribution is 2.40. The fourth-order valence-electron chi connectivity index (χ4n) is 2.22. The summed E-state index contributed by atoms with van der Waals surface area (Å²) in [5.41, 5.74) is 3.29. The van der Waals surface area contributed by atoms with Crippen LogP contribution < -0.4 is 10.6 Å². The second-order valence-corrected chi connectivity index (χ2v) is 5.37. The van der Waals surface area contributed by atoms with E-state index in [4.69, 9.17) is 5.11 Å². The molecule has 1 saturated carbocycles. The van der Waals surface area contributed by atoms with Crippen molar-refractivity contribution in [2.75, 3.05) is 23.8 Å². The Bertz CT molecular complexity index is 625. The summed E-state index contributed by atoms with van der Waals surface area (Å²) in [7, 11) is 0. The van der Waals surface area contributed by atoms with Crippen LogP contribution in [0.25, 0.3) is 0 Å². The van der Waals surface area contributed by atoms with Crippen molar-refractivity contribution in [3.05, 3.63) is 41.6 Å². The van der Waals surface area contributed by atoms with E-state index in [0.29, 0.717) is 18.4 Å². The molecule has 3 N–H and O–H groups in total. The van der Waals surface area contributed by atoms with Gasteiger partial charge in [-0.3, -0.25) is 0 Å². The van der Waals surface area contributed by atoms with Crippen LogP contribution in [0.3, 0.4) is 0 Å². The maximum atomic E-state index is 8.93. The number of nitrogens with zero attached hydrogens (tertiary/aromatic N) is 2. The Labute approximate surface area is 124 Å². The highest BCUT2D eigenvalue weighted by atomic mass is 16.3. The molecule has 1 aliphatic carbocycles. The molecule has 0 atom stereocenters. The number of nitrogens with one attached hydrogen (secondary N) is 2. The van der Waals surface area contributed by atoms with E-state index < -0.39 is 0 Å². The number of hydrogen-bond donors (Lipinski definition) is 3. The van der Waals surface area contributed by atoms with Crippen molar-refractivity contribution in [3.63, 3.8) is 0 Å². The van der Waals surface area contributed by atoms with E-state index in [-0.39, 0.29) is 6.61 Å². The van der Waals surface area contributed by atoms with E-state index in [1.54, 1.807) is 0 Å². The molecular weight excluding hydrogens is 264 g/mol. The Hall–Kier alpha value is -2.14. The number of anilines is 3. The molecule has 0 spiro atoms. The zero-order chi connectivity index (χ0) is 14.7. The van der Waals surface area contributed by atoms with Crippen molar-refractivity contribution < 1.29 is 5.11 Å². The molecule has 0 saturated heterocycles. The highest BCUT2D eigenvalue weighted by Gasteiger charge is 2.26. The van der Waals surface area contributed by atoms with Gasteiger partial charge < -0.3 is 15.7 Å². The van der Waals surface area contributed by atoms with Crippen molar-refractivity contribution in [2.24, 2.45) is 0 Å². The summed E-state index contributed by atoms with van der Waals surface area (Å²) in [6, 6.07) is 10.1. The summed E-state index contributed by atoms with van der Waals surface area (Å²) in [6.07, 6.45) is 2.39. The molecule has 0 radical (unpaired) electrons. The van der Waals surface area contributed by atoms with Gasteiger partial charge in [0.05, 0.1) is 12.3 Å². The molecule has 110 valence electrons. The fourth-order valence-corrected chi connectivity index (χ4v) is 2.22. The number of aliphatic hydroxyl groups excluding tert-OH is 1. The van der Waals surface area contributed by atoms with Crippen LogP contribution in [-0.2, 0) is 0 Å². The number of aliphatic hydroxyl groups is 1. The maximum absolute atomic E-state index is 8.93. The van der Waals surface area contributed by atoms with E-state index >= 15 is 0 Å². The summed E-state index contributed by atoms with van der Waals surface area (Å²) < 4.78 is 0. The van der Waals surface area contributed by atoms with Crippen molar-refractivity contribution in [2.45, 2.75) is 25.7 Å². The van der Waals surface area contributed by atoms with Crippen LogP contribution in [0.2, 0.25) is 0 Å². The van der Waals surface area contributed by atoms with Gasteiger partial charge in [-0.15, -0.1) is 0 Å². The first-order valence-electron chi connectivity index (χ1n) is 7.32. The van der Waals surface area contributed by atoms with Gasteiger partial charge in [0, 0.05) is 24.2 Å². The number of aryl methyl sites for hydroxylation is 1. The molecule has 21 heavy (non-hydrogen) atoms. The Kier molecular flexibility index (Phi) is 4.01. The summed E-state index contributed by atoms with van der Waals surface area (Å²) in [6.45, 7) is 2.59. The maximum Gasteiger partial charge on any atom is 0.224 e. The molecule has 1 aliphatic rings. The van der Waals surface area contributed by atoms with E-state index in [1.807, 2.05) is 24.3 Å². The molecule has 1 heterocycles. The number of para-hydroxylation sites is 1. The molecule has 0 aliphatic heterocycles. The molecule has 5 heteroatoms. The molecule has 1 aromatic heterocycles. The lowest BCUT2D eigenvalue weighted by Gasteiger charge is -2.12. The van der Waals surface area contributed by atoms with Gasteiger partial charge in [0.25, 0.3) is 0 Å². The van der Waals surface area contributed by atoms with Crippen LogP contribution in [0.4, 0.5) is 17.5 Å². The summed E-state index contributed by atoms with van der Waals surface area (Å²) in [5.74, 6) is 1.92. The SMILES string of the molecule is Cc1ccccc1Nc1cc(C2CC2)nc(NCCO)n1. The normalized spacial score (nSPS) is 14.0. The first kappa shape index (κ1) is 13.8. The monoisotopic (exact) mass is 284 g/mol. The van der Waals surface area contributed by atoms with E-state index in [2.05, 4.69) is 33.6 Å². The topological polar surface area (TPSA) is 70.1 Å². The number of hydrogen-bond acceptors (Lipinski definition) is 5. The quantitative estimate of drug-likeness (QED) is 0.761. The molecule has 0 amide bonds. The van der Waals surface area contributed by atoms with Crippen LogP contribution in [0.15, 0.2) is 30.3 Å². The van der Waals surface area contributed by atoms with Crippen molar-refractivity contribution >= 4 is 17.5 Å². The fraction of sp³-hybridized carbons (Fsp3) is 0.375. The lowest BCUT2D eigenvalue weighted by molar-refractivity contribution is 0.311. The molecule has 0 bridgehead atoms. The van der Waals surface area contributed by atoms with Gasteiger partial charge in [0.15, 0.2) is 0 Å². The number of benzene rings is 1. The number of aromatic nitrogens is 2. The third-order valence-corrected chi connectivity index (χ3v) is 3.54. The molecule has 3 rings (SSSR count). The lowest BCUT2D eigenvalue weighted by atomic mass is 10.2. The van der Waals surface area contributed by atoms with E-state index in [0.717, 1.165) is 17.2 Å². The van der Waals surface area contributed by atoms with Gasteiger partial charge in [-0.2, -0.15) is 4.98 Å². The van der Waals surface area contributed by atoms with Gasteiger partial charge in [0.2, 0.25) is 5.95 Å². The predicted octanol–water partition coefficient (Wildman–Crippen LogP) is 2.81. The zero-order valence-electron chi connectivity index (χ0n) is 12.1. The smallest absolute Gasteiger partial charge is 0.224 e. The predicted molar refractivity (Wildman–Crippen MR) is 84.0 cm³/mol. The van der Waals surface area contributed by atoms with Crippen LogP contribution >= 0.6 is 0 Å². The average molecular weight is 284 g/mol. The van der Waals surface area contributed by atoms with Gasteiger partial charge >= 0.3 is 0 Å². The first-order chi connectivity index (χ1) is 10.3. The Morgan fingerprint density at radius 3 is 2.76 bits per heavy atom. The molecule has 1 fully saturated rings. The van der Waals surface area contributed by atoms with Crippen LogP contribution in [0, 0.1) is 6.92 Å². The molecule has 5 nitrogen and oxygen atoms in total. The summed E-state index contributed by atoms with van der Waals surface area (Å²) in [5, 5.41) is 15.3. The minimum absolute atomic E-state index is 0.0670.